The van der Waals surface area contributed by atoms with E-state index in [0.717, 1.165) is 24.1 Å². The number of methoxy groups -OCH3 is 2. The second kappa shape index (κ2) is 7.33. The molecule has 0 bridgehead atoms. The molecular weight excluding hydrogens is 353 g/mol. The van der Waals surface area contributed by atoms with Gasteiger partial charge in [0.15, 0.2) is 11.5 Å². The minimum atomic E-state index is 0.724. The van der Waals surface area contributed by atoms with E-state index in [2.05, 4.69) is 39.6 Å². The van der Waals surface area contributed by atoms with Crippen LogP contribution >= 0.6 is 22.6 Å². The van der Waals surface area contributed by atoms with E-state index in [4.69, 9.17) is 9.47 Å². The van der Waals surface area contributed by atoms with Crippen LogP contribution < -0.4 is 9.47 Å². The first-order valence-corrected chi connectivity index (χ1v) is 8.32. The molecule has 1 aromatic rings. The van der Waals surface area contributed by atoms with Gasteiger partial charge < -0.3 is 9.47 Å². The summed E-state index contributed by atoms with van der Waals surface area (Å²) in [7, 11) is 3.37. The highest BCUT2D eigenvalue weighted by Crippen LogP contribution is 2.29. The van der Waals surface area contributed by atoms with E-state index in [-0.39, 0.29) is 0 Å². The van der Waals surface area contributed by atoms with E-state index in [1.54, 1.807) is 14.2 Å². The predicted molar refractivity (Wildman–Crippen MR) is 86.5 cm³/mol. The SMILES string of the molecule is COc1ccc(CN2CCCC[C@@H]2CI)cc1OC. The monoisotopic (exact) mass is 375 g/mol. The molecule has 0 amide bonds. The number of hydrogen-bond acceptors (Lipinski definition) is 3. The maximum Gasteiger partial charge on any atom is 0.161 e. The normalized spacial score (nSPS) is 20.3. The highest BCUT2D eigenvalue weighted by atomic mass is 127. The number of alkyl halides is 1. The summed E-state index contributed by atoms with van der Waals surface area (Å²) >= 11 is 2.50. The van der Waals surface area contributed by atoms with Gasteiger partial charge in [-0.15, -0.1) is 0 Å². The molecule has 0 unspecified atom stereocenters. The average Bonchev–Trinajstić information content (AvgIpc) is 2.47. The van der Waals surface area contributed by atoms with E-state index < -0.39 is 0 Å². The quantitative estimate of drug-likeness (QED) is 0.581. The predicted octanol–water partition coefficient (Wildman–Crippen LogP) is 3.49. The Kier molecular flexibility index (Phi) is 5.76. The van der Waals surface area contributed by atoms with Crippen molar-refractivity contribution in [1.29, 1.82) is 0 Å². The Morgan fingerprint density at radius 2 is 2.00 bits per heavy atom. The molecule has 1 heterocycles. The maximum absolute atomic E-state index is 5.37. The number of ether oxygens (including phenoxy) is 2. The summed E-state index contributed by atoms with van der Waals surface area (Å²) in [4.78, 5) is 2.59. The smallest absolute Gasteiger partial charge is 0.161 e. The molecule has 0 aromatic heterocycles. The third-order valence-corrected chi connectivity index (χ3v) is 4.78. The van der Waals surface area contributed by atoms with Gasteiger partial charge in [-0.3, -0.25) is 4.90 Å². The number of nitrogens with zero attached hydrogens (tertiary/aromatic N) is 1. The van der Waals surface area contributed by atoms with Crippen LogP contribution in [0.3, 0.4) is 0 Å². The van der Waals surface area contributed by atoms with Gasteiger partial charge in [0.1, 0.15) is 0 Å². The lowest BCUT2D eigenvalue weighted by atomic mass is 10.0. The average molecular weight is 375 g/mol. The van der Waals surface area contributed by atoms with Crippen LogP contribution in [0.25, 0.3) is 0 Å². The molecule has 0 radical (unpaired) electrons. The van der Waals surface area contributed by atoms with Crippen LogP contribution in [0.4, 0.5) is 0 Å². The molecule has 19 heavy (non-hydrogen) atoms. The largest absolute Gasteiger partial charge is 0.493 e. The first-order valence-electron chi connectivity index (χ1n) is 6.79. The first-order chi connectivity index (χ1) is 9.28. The fourth-order valence-corrected chi connectivity index (χ4v) is 3.65. The van der Waals surface area contributed by atoms with Crippen LogP contribution in [-0.2, 0) is 6.54 Å². The highest BCUT2D eigenvalue weighted by molar-refractivity contribution is 14.1. The Balaban J connectivity index is 2.09. The van der Waals surface area contributed by atoms with Crippen molar-refractivity contribution in [2.45, 2.75) is 31.8 Å². The van der Waals surface area contributed by atoms with Crippen molar-refractivity contribution in [3.63, 3.8) is 0 Å². The second-order valence-corrected chi connectivity index (χ2v) is 5.84. The van der Waals surface area contributed by atoms with Gasteiger partial charge in [0, 0.05) is 17.0 Å². The lowest BCUT2D eigenvalue weighted by Crippen LogP contribution is -2.39. The van der Waals surface area contributed by atoms with E-state index in [1.165, 1.54) is 35.8 Å². The summed E-state index contributed by atoms with van der Waals surface area (Å²) in [5, 5.41) is 0. The summed E-state index contributed by atoms with van der Waals surface area (Å²) in [5.41, 5.74) is 1.30. The van der Waals surface area contributed by atoms with Crippen LogP contribution in [0.5, 0.6) is 11.5 Å². The number of rotatable bonds is 5. The van der Waals surface area contributed by atoms with Crippen molar-refractivity contribution in [1.82, 2.24) is 4.90 Å². The minimum absolute atomic E-state index is 0.724. The van der Waals surface area contributed by atoms with Crippen molar-refractivity contribution in [2.24, 2.45) is 0 Å². The van der Waals surface area contributed by atoms with Gasteiger partial charge in [0.05, 0.1) is 14.2 Å². The lowest BCUT2D eigenvalue weighted by Gasteiger charge is -2.34. The van der Waals surface area contributed by atoms with Crippen molar-refractivity contribution in [3.8, 4) is 11.5 Å². The Bertz CT molecular complexity index is 411. The standard InChI is InChI=1S/C15H22INO2/c1-18-14-7-6-12(9-15(14)19-2)11-17-8-4-3-5-13(17)10-16/h6-7,9,13H,3-5,8,10-11H2,1-2H3/t13-/m1/s1. The molecule has 0 N–H and O–H groups in total. The zero-order chi connectivity index (χ0) is 13.7. The van der Waals surface area contributed by atoms with Crippen molar-refractivity contribution >= 4 is 22.6 Å². The summed E-state index contributed by atoms with van der Waals surface area (Å²) in [6.45, 7) is 2.22. The number of benzene rings is 1. The number of halogens is 1. The number of hydrogen-bond donors (Lipinski definition) is 0. The van der Waals surface area contributed by atoms with Gasteiger partial charge in [-0.2, -0.15) is 0 Å². The molecule has 1 aliphatic rings. The second-order valence-electron chi connectivity index (χ2n) is 4.96. The molecule has 0 saturated carbocycles. The van der Waals surface area contributed by atoms with E-state index in [1.807, 2.05) is 6.07 Å². The molecule has 0 aliphatic carbocycles. The van der Waals surface area contributed by atoms with Crippen LogP contribution in [0.15, 0.2) is 18.2 Å². The molecule has 2 rings (SSSR count). The highest BCUT2D eigenvalue weighted by Gasteiger charge is 2.21. The van der Waals surface area contributed by atoms with E-state index >= 15 is 0 Å². The maximum atomic E-state index is 5.37. The molecule has 106 valence electrons. The molecule has 1 aliphatic heterocycles. The third-order valence-electron chi connectivity index (χ3n) is 3.76. The van der Waals surface area contributed by atoms with Crippen molar-refractivity contribution < 1.29 is 9.47 Å². The van der Waals surface area contributed by atoms with Gasteiger partial charge in [-0.05, 0) is 37.1 Å². The van der Waals surface area contributed by atoms with Gasteiger partial charge >= 0.3 is 0 Å². The molecule has 0 spiro atoms. The summed E-state index contributed by atoms with van der Waals surface area (Å²) < 4.78 is 11.9. The van der Waals surface area contributed by atoms with Gasteiger partial charge in [-0.25, -0.2) is 0 Å². The molecule has 1 fully saturated rings. The van der Waals surface area contributed by atoms with Crippen molar-refractivity contribution in [3.05, 3.63) is 23.8 Å². The van der Waals surface area contributed by atoms with Gasteiger partial charge in [-0.1, -0.05) is 35.1 Å². The van der Waals surface area contributed by atoms with Crippen LogP contribution in [0, 0.1) is 0 Å². The third kappa shape index (κ3) is 3.75. The Labute approximate surface area is 129 Å². The minimum Gasteiger partial charge on any atom is -0.493 e. The summed E-state index contributed by atoms with van der Waals surface area (Å²) in [6, 6.07) is 6.96. The van der Waals surface area contributed by atoms with Gasteiger partial charge in [0.25, 0.3) is 0 Å². The fourth-order valence-electron chi connectivity index (χ4n) is 2.66. The molecule has 1 saturated heterocycles. The number of piperidine rings is 1. The molecule has 1 atom stereocenters. The van der Waals surface area contributed by atoms with Crippen LogP contribution in [0.1, 0.15) is 24.8 Å². The molecule has 4 heteroatoms. The van der Waals surface area contributed by atoms with E-state index in [0.29, 0.717) is 0 Å². The van der Waals surface area contributed by atoms with Crippen LogP contribution in [0.2, 0.25) is 0 Å². The fraction of sp³-hybridized carbons (Fsp3) is 0.600. The molecule has 1 aromatic carbocycles. The van der Waals surface area contributed by atoms with Crippen LogP contribution in [-0.4, -0.2) is 36.1 Å². The van der Waals surface area contributed by atoms with E-state index in [9.17, 15) is 0 Å². The van der Waals surface area contributed by atoms with Gasteiger partial charge in [0.2, 0.25) is 0 Å². The molecule has 3 nitrogen and oxygen atoms in total. The topological polar surface area (TPSA) is 21.7 Å². The first kappa shape index (κ1) is 14.9. The zero-order valence-electron chi connectivity index (χ0n) is 11.7. The summed E-state index contributed by atoms with van der Waals surface area (Å²) in [5.74, 6) is 1.62. The Hall–Kier alpha value is -0.490. The Morgan fingerprint density at radius 1 is 1.21 bits per heavy atom. The zero-order valence-corrected chi connectivity index (χ0v) is 13.9. The number of likely N-dealkylation sites (tertiary alicyclic amines) is 1. The lowest BCUT2D eigenvalue weighted by molar-refractivity contribution is 0.157. The van der Waals surface area contributed by atoms with Crippen molar-refractivity contribution in [2.75, 3.05) is 25.2 Å². The molecular formula is C15H22INO2. The summed E-state index contributed by atoms with van der Waals surface area (Å²) in [6.07, 6.45) is 4.02. The Morgan fingerprint density at radius 3 is 2.68 bits per heavy atom.